The van der Waals surface area contributed by atoms with Gasteiger partial charge < -0.3 is 30.5 Å². The molecule has 3 aliphatic rings. The Morgan fingerprint density at radius 3 is 2.58 bits per heavy atom. The zero-order valence-corrected chi connectivity index (χ0v) is 18.4. The van der Waals surface area contributed by atoms with Crippen LogP contribution in [0, 0.1) is 16.7 Å². The molecule has 0 aromatic rings. The van der Waals surface area contributed by atoms with Gasteiger partial charge in [0, 0.05) is 23.0 Å². The lowest BCUT2D eigenvalue weighted by molar-refractivity contribution is -0.188. The van der Waals surface area contributed by atoms with E-state index in [-0.39, 0.29) is 16.9 Å². The number of allylic oxidation sites excluding steroid dienone is 2. The minimum atomic E-state index is -1.85. The monoisotopic (exact) mass is 435 g/mol. The number of fused-ring (bicyclic) bond motifs is 3. The Morgan fingerprint density at radius 2 is 1.94 bits per heavy atom. The van der Waals surface area contributed by atoms with Crippen LogP contribution < -0.4 is 5.32 Å². The van der Waals surface area contributed by atoms with Crippen LogP contribution in [0.3, 0.4) is 0 Å². The van der Waals surface area contributed by atoms with E-state index >= 15 is 0 Å². The van der Waals surface area contributed by atoms with E-state index < -0.39 is 47.4 Å². The summed E-state index contributed by atoms with van der Waals surface area (Å²) in [6.45, 7) is 7.36. The third-order valence-electron chi connectivity index (χ3n) is 7.25. The highest BCUT2D eigenvalue weighted by atomic mass is 16.5. The molecule has 3 rings (SSSR count). The molecule has 2 fully saturated rings. The van der Waals surface area contributed by atoms with Crippen LogP contribution in [0.1, 0.15) is 47.0 Å². The van der Waals surface area contributed by atoms with Gasteiger partial charge in [0.15, 0.2) is 11.8 Å². The average Bonchev–Trinajstić information content (AvgIpc) is 2.88. The predicted octanol–water partition coefficient (Wildman–Crippen LogP) is 0.704. The first-order valence-corrected chi connectivity index (χ1v) is 10.7. The number of amides is 1. The van der Waals surface area contributed by atoms with Gasteiger partial charge in [0.25, 0.3) is 5.91 Å². The second kappa shape index (κ2) is 8.16. The largest absolute Gasteiger partial charge is 0.455 e. The summed E-state index contributed by atoms with van der Waals surface area (Å²) in [6.07, 6.45) is 5.08. The summed E-state index contributed by atoms with van der Waals surface area (Å²) in [5.74, 6) is -1.59. The van der Waals surface area contributed by atoms with Gasteiger partial charge >= 0.3 is 5.97 Å². The van der Waals surface area contributed by atoms with Crippen LogP contribution in [0.4, 0.5) is 0 Å². The van der Waals surface area contributed by atoms with Gasteiger partial charge in [-0.15, -0.1) is 0 Å². The summed E-state index contributed by atoms with van der Waals surface area (Å²) in [7, 11) is 0. The maximum Gasteiger partial charge on any atom is 0.331 e. The Morgan fingerprint density at radius 1 is 1.26 bits per heavy atom. The summed E-state index contributed by atoms with van der Waals surface area (Å²) < 4.78 is 5.74. The number of nitrogens with one attached hydrogen (secondary N) is 1. The number of carbonyl (C=O) groups excluding carboxylic acids is 2. The van der Waals surface area contributed by atoms with Crippen molar-refractivity contribution in [2.24, 2.45) is 16.7 Å². The molecule has 8 nitrogen and oxygen atoms in total. The van der Waals surface area contributed by atoms with E-state index in [0.29, 0.717) is 6.42 Å². The number of aliphatic hydroxyl groups excluding tert-OH is 3. The highest BCUT2D eigenvalue weighted by molar-refractivity contribution is 5.94. The third kappa shape index (κ3) is 3.86. The molecular formula is C23H33NO7. The topological polar surface area (TPSA) is 136 Å². The number of hydrogen-bond donors (Lipinski definition) is 5. The van der Waals surface area contributed by atoms with Gasteiger partial charge in [-0.1, -0.05) is 45.4 Å². The van der Waals surface area contributed by atoms with Crippen molar-refractivity contribution in [3.63, 3.8) is 0 Å². The summed E-state index contributed by atoms with van der Waals surface area (Å²) in [5, 5.41) is 43.1. The number of rotatable bonds is 5. The van der Waals surface area contributed by atoms with Crippen LogP contribution in [0.15, 0.2) is 36.0 Å². The predicted molar refractivity (Wildman–Crippen MR) is 112 cm³/mol. The molecule has 0 aromatic heterocycles. The quantitative estimate of drug-likeness (QED) is 0.186. The van der Waals surface area contributed by atoms with Crippen LogP contribution >= 0.6 is 0 Å². The van der Waals surface area contributed by atoms with Crippen molar-refractivity contribution in [2.45, 2.75) is 77.1 Å². The SMILES string of the molecule is C[C@@H](O)[C@H](O)/C=C/C=C/C(=O)O[C@@H]1C=C2[C@H](O)NC(=O)[C@]2(O)[C@@]2(C)CCCC(C)(C)[C@H]12. The minimum absolute atomic E-state index is 0.135. The van der Waals surface area contributed by atoms with E-state index in [4.69, 9.17) is 4.74 Å². The first-order chi connectivity index (χ1) is 14.3. The van der Waals surface area contributed by atoms with Gasteiger partial charge in [-0.2, -0.15) is 0 Å². The Labute approximate surface area is 182 Å². The Balaban J connectivity index is 1.90. The van der Waals surface area contributed by atoms with Gasteiger partial charge in [0.1, 0.15) is 6.10 Å². The molecule has 2 aliphatic carbocycles. The molecule has 1 heterocycles. The van der Waals surface area contributed by atoms with Crippen molar-refractivity contribution in [1.29, 1.82) is 0 Å². The van der Waals surface area contributed by atoms with Crippen LogP contribution in [0.5, 0.6) is 0 Å². The molecule has 0 aromatic carbocycles. The highest BCUT2D eigenvalue weighted by Gasteiger charge is 2.70. The molecule has 7 atom stereocenters. The summed E-state index contributed by atoms with van der Waals surface area (Å²) >= 11 is 0. The second-order valence-electron chi connectivity index (χ2n) is 9.82. The summed E-state index contributed by atoms with van der Waals surface area (Å²) in [4.78, 5) is 25.2. The number of esters is 1. The molecule has 172 valence electrons. The van der Waals surface area contributed by atoms with Gasteiger partial charge in [0.05, 0.1) is 12.2 Å². The molecule has 0 radical (unpaired) electrons. The van der Waals surface area contributed by atoms with Crippen molar-refractivity contribution < 1.29 is 34.8 Å². The van der Waals surface area contributed by atoms with E-state index in [1.54, 1.807) is 0 Å². The van der Waals surface area contributed by atoms with Crippen molar-refractivity contribution in [2.75, 3.05) is 0 Å². The fourth-order valence-corrected chi connectivity index (χ4v) is 5.76. The maximum atomic E-state index is 12.7. The first kappa shape index (κ1) is 23.7. The lowest BCUT2D eigenvalue weighted by Gasteiger charge is -2.59. The maximum absolute atomic E-state index is 12.7. The number of ether oxygens (including phenoxy) is 1. The van der Waals surface area contributed by atoms with E-state index in [1.165, 1.54) is 37.3 Å². The van der Waals surface area contributed by atoms with E-state index in [2.05, 4.69) is 5.32 Å². The van der Waals surface area contributed by atoms with E-state index in [0.717, 1.165) is 12.8 Å². The van der Waals surface area contributed by atoms with Crippen LogP contribution in [-0.2, 0) is 14.3 Å². The molecule has 31 heavy (non-hydrogen) atoms. The normalized spacial score (nSPS) is 38.9. The standard InChI is InChI=1S/C23H33NO7/c1-13(25)15(26)8-5-6-9-17(27)31-16-12-14-19(28)24-20(29)23(14,30)22(4)11-7-10-21(2,3)18(16)22/h5-6,8-9,12-13,15-16,18-19,25-26,28,30H,7,10-11H2,1-4H3,(H,24,29)/b8-5+,9-6+/t13-,15-,16-,18+,19+,22+,23+/m1/s1. The molecule has 1 saturated heterocycles. The lowest BCUT2D eigenvalue weighted by atomic mass is 9.46. The smallest absolute Gasteiger partial charge is 0.331 e. The number of carbonyl (C=O) groups is 2. The van der Waals surface area contributed by atoms with Gasteiger partial charge in [-0.3, -0.25) is 4.79 Å². The van der Waals surface area contributed by atoms with Crippen LogP contribution in [-0.4, -0.2) is 62.4 Å². The van der Waals surface area contributed by atoms with E-state index in [9.17, 15) is 30.0 Å². The molecule has 1 saturated carbocycles. The minimum Gasteiger partial charge on any atom is -0.455 e. The Hall–Kier alpha value is -2.00. The molecular weight excluding hydrogens is 402 g/mol. The fraction of sp³-hybridized carbons (Fsp3) is 0.652. The number of aliphatic hydroxyl groups is 4. The molecule has 5 N–H and O–H groups in total. The zero-order valence-electron chi connectivity index (χ0n) is 18.4. The number of hydrogen-bond acceptors (Lipinski definition) is 7. The fourth-order valence-electron chi connectivity index (χ4n) is 5.76. The van der Waals surface area contributed by atoms with Crippen molar-refractivity contribution in [3.05, 3.63) is 36.0 Å². The van der Waals surface area contributed by atoms with Crippen molar-refractivity contribution in [3.8, 4) is 0 Å². The zero-order chi connectivity index (χ0) is 23.2. The second-order valence-corrected chi connectivity index (χ2v) is 9.82. The molecule has 1 amide bonds. The van der Waals surface area contributed by atoms with Gasteiger partial charge in [-0.25, -0.2) is 4.79 Å². The van der Waals surface area contributed by atoms with E-state index in [1.807, 2.05) is 20.8 Å². The molecule has 8 heteroatoms. The summed E-state index contributed by atoms with van der Waals surface area (Å²) in [6, 6.07) is 0. The third-order valence-corrected chi connectivity index (χ3v) is 7.25. The van der Waals surface area contributed by atoms with Crippen LogP contribution in [0.25, 0.3) is 0 Å². The average molecular weight is 436 g/mol. The van der Waals surface area contributed by atoms with Crippen molar-refractivity contribution in [1.82, 2.24) is 5.32 Å². The Bertz CT molecular complexity index is 830. The first-order valence-electron chi connectivity index (χ1n) is 10.7. The summed E-state index contributed by atoms with van der Waals surface area (Å²) in [5.41, 5.74) is -2.96. The molecule has 1 aliphatic heterocycles. The lowest BCUT2D eigenvalue weighted by Crippen LogP contribution is -2.65. The molecule has 0 unspecified atom stereocenters. The van der Waals surface area contributed by atoms with Crippen molar-refractivity contribution >= 4 is 11.9 Å². The van der Waals surface area contributed by atoms with Gasteiger partial charge in [0.2, 0.25) is 0 Å². The Kier molecular flexibility index (Phi) is 6.23. The molecule has 0 bridgehead atoms. The highest BCUT2D eigenvalue weighted by Crippen LogP contribution is 2.63. The molecule has 0 spiro atoms. The van der Waals surface area contributed by atoms with Gasteiger partial charge in [-0.05, 0) is 31.3 Å². The van der Waals surface area contributed by atoms with Crippen LogP contribution in [0.2, 0.25) is 0 Å².